The number of hydrogen-bond donors (Lipinski definition) is 1. The van der Waals surface area contributed by atoms with Crippen molar-refractivity contribution in [3.05, 3.63) is 0 Å². The number of rotatable bonds is 0. The maximum Gasteiger partial charge on any atom is 0.182 e. The normalized spacial score (nSPS) is 38.9. The Kier molecular flexibility index (Phi) is 2.14. The van der Waals surface area contributed by atoms with Crippen LogP contribution in [0.3, 0.4) is 0 Å². The molecule has 1 aliphatic rings. The summed E-state index contributed by atoms with van der Waals surface area (Å²) >= 11 is 0. The lowest BCUT2D eigenvalue weighted by Gasteiger charge is -2.35. The average molecular weight is 124 g/mol. The van der Waals surface area contributed by atoms with Crippen molar-refractivity contribution in [2.24, 2.45) is 0 Å². The molecule has 0 spiro atoms. The highest BCUT2D eigenvalue weighted by Gasteiger charge is 2.17. The molecule has 1 rings (SSSR count). The molecule has 0 bridgehead atoms. The van der Waals surface area contributed by atoms with E-state index in [0.29, 0.717) is 12.1 Å². The summed E-state index contributed by atoms with van der Waals surface area (Å²) in [6.45, 7) is 6.24. The van der Waals surface area contributed by atoms with Gasteiger partial charge in [0.2, 0.25) is 0 Å². The topological polar surface area (TPSA) is 15.3 Å². The molecule has 0 amide bonds. The zero-order valence-corrected chi connectivity index (χ0v) is 6.09. The minimum atomic E-state index is 0.487. The summed E-state index contributed by atoms with van der Waals surface area (Å²) in [5.74, 6) is 0. The largest absolute Gasteiger partial charge is 0.349 e. The lowest BCUT2D eigenvalue weighted by atomic mass is 10.1. The van der Waals surface area contributed by atoms with Gasteiger partial charge in [0.25, 0.3) is 0 Å². The Hall–Kier alpha value is -0.0151. The second kappa shape index (κ2) is 2.71. The molecule has 2 radical (unpaired) electrons. The number of hydrogen-bond acceptors (Lipinski definition) is 2. The average Bonchev–Trinajstić information content (AvgIpc) is 1.80. The first-order valence-electron chi connectivity index (χ1n) is 3.45. The first-order chi connectivity index (χ1) is 4.20. The van der Waals surface area contributed by atoms with Crippen molar-refractivity contribution >= 4 is 7.98 Å². The van der Waals surface area contributed by atoms with E-state index in [4.69, 9.17) is 7.98 Å². The molecule has 2 nitrogen and oxygen atoms in total. The summed E-state index contributed by atoms with van der Waals surface area (Å²) in [7, 11) is 5.66. The Morgan fingerprint density at radius 3 is 2.67 bits per heavy atom. The second-order valence-electron chi connectivity index (χ2n) is 2.86. The van der Waals surface area contributed by atoms with Crippen LogP contribution in [0, 0.1) is 0 Å². The minimum Gasteiger partial charge on any atom is -0.349 e. The van der Waals surface area contributed by atoms with E-state index in [1.165, 1.54) is 0 Å². The highest BCUT2D eigenvalue weighted by Crippen LogP contribution is 2.00. The van der Waals surface area contributed by atoms with Gasteiger partial charge < -0.3 is 10.1 Å². The van der Waals surface area contributed by atoms with Gasteiger partial charge >= 0.3 is 0 Å². The van der Waals surface area contributed by atoms with E-state index in [2.05, 4.69) is 19.2 Å². The van der Waals surface area contributed by atoms with Crippen molar-refractivity contribution in [3.63, 3.8) is 0 Å². The van der Waals surface area contributed by atoms with Crippen LogP contribution in [0.2, 0.25) is 0 Å². The lowest BCUT2D eigenvalue weighted by molar-refractivity contribution is 0.254. The molecule has 2 atom stereocenters. The molecular formula is C6H13BN2. The molecular weight excluding hydrogens is 111 g/mol. The van der Waals surface area contributed by atoms with E-state index in [1.807, 2.05) is 4.81 Å². The Labute approximate surface area is 58.0 Å². The molecule has 1 fully saturated rings. The van der Waals surface area contributed by atoms with Crippen LogP contribution in [0.5, 0.6) is 0 Å². The summed E-state index contributed by atoms with van der Waals surface area (Å²) in [4.78, 5) is 1.89. The fourth-order valence-electron chi connectivity index (χ4n) is 1.05. The van der Waals surface area contributed by atoms with Crippen LogP contribution in [0.4, 0.5) is 0 Å². The summed E-state index contributed by atoms with van der Waals surface area (Å²) in [5.41, 5.74) is 0. The highest BCUT2D eigenvalue weighted by molar-refractivity contribution is 6.04. The standard InChI is InChI=1S/C6H13BN2/c1-5-4-9(7)6(2)3-8-5/h5-6,8H,3-4H2,1-2H3/t5-,6+/m1/s1. The SMILES string of the molecule is [B]N1C[C@@H](C)NC[C@@H]1C. The number of nitrogens with one attached hydrogen (secondary N) is 1. The third-order valence-corrected chi connectivity index (χ3v) is 1.81. The predicted octanol–water partition coefficient (Wildman–Crippen LogP) is -0.248. The molecule has 50 valence electrons. The Balaban J connectivity index is 2.35. The molecule has 3 heteroatoms. The molecule has 9 heavy (non-hydrogen) atoms. The van der Waals surface area contributed by atoms with Crippen molar-refractivity contribution in [2.75, 3.05) is 13.1 Å². The lowest BCUT2D eigenvalue weighted by Crippen LogP contribution is -2.53. The number of piperazine rings is 1. The smallest absolute Gasteiger partial charge is 0.182 e. The Morgan fingerprint density at radius 1 is 1.56 bits per heavy atom. The molecule has 1 heterocycles. The summed E-state index contributed by atoms with van der Waals surface area (Å²) < 4.78 is 0. The van der Waals surface area contributed by atoms with E-state index in [1.54, 1.807) is 0 Å². The molecule has 0 aliphatic carbocycles. The Bertz CT molecular complexity index is 97.1. The fourth-order valence-corrected chi connectivity index (χ4v) is 1.05. The third-order valence-electron chi connectivity index (χ3n) is 1.81. The van der Waals surface area contributed by atoms with Crippen LogP contribution in [0.15, 0.2) is 0 Å². The van der Waals surface area contributed by atoms with Gasteiger partial charge in [-0.05, 0) is 13.8 Å². The molecule has 0 saturated carbocycles. The third kappa shape index (κ3) is 1.70. The van der Waals surface area contributed by atoms with Gasteiger partial charge in [-0.1, -0.05) is 0 Å². The van der Waals surface area contributed by atoms with E-state index in [-0.39, 0.29) is 0 Å². The van der Waals surface area contributed by atoms with Gasteiger partial charge in [0.05, 0.1) is 0 Å². The van der Waals surface area contributed by atoms with Gasteiger partial charge in [-0.25, -0.2) is 0 Å². The van der Waals surface area contributed by atoms with Crippen LogP contribution >= 0.6 is 0 Å². The van der Waals surface area contributed by atoms with Crippen LogP contribution in [-0.4, -0.2) is 38.0 Å². The van der Waals surface area contributed by atoms with E-state index in [0.717, 1.165) is 13.1 Å². The summed E-state index contributed by atoms with van der Waals surface area (Å²) in [6.07, 6.45) is 0. The van der Waals surface area contributed by atoms with Crippen molar-refractivity contribution < 1.29 is 0 Å². The zero-order chi connectivity index (χ0) is 6.85. The van der Waals surface area contributed by atoms with Crippen LogP contribution in [0.1, 0.15) is 13.8 Å². The summed E-state index contributed by atoms with van der Waals surface area (Å²) in [5, 5.41) is 3.34. The minimum absolute atomic E-state index is 0.487. The fraction of sp³-hybridized carbons (Fsp3) is 1.00. The van der Waals surface area contributed by atoms with Crippen molar-refractivity contribution in [1.82, 2.24) is 10.1 Å². The zero-order valence-electron chi connectivity index (χ0n) is 6.09. The van der Waals surface area contributed by atoms with Crippen LogP contribution in [0.25, 0.3) is 0 Å². The van der Waals surface area contributed by atoms with Crippen molar-refractivity contribution in [3.8, 4) is 0 Å². The number of nitrogens with zero attached hydrogens (tertiary/aromatic N) is 1. The first kappa shape index (κ1) is 7.10. The van der Waals surface area contributed by atoms with E-state index in [9.17, 15) is 0 Å². The van der Waals surface area contributed by atoms with Gasteiger partial charge in [0.15, 0.2) is 7.98 Å². The molecule has 0 aromatic heterocycles. The Morgan fingerprint density at radius 2 is 2.22 bits per heavy atom. The molecule has 1 aliphatic heterocycles. The molecule has 0 aromatic rings. The van der Waals surface area contributed by atoms with E-state index < -0.39 is 0 Å². The highest BCUT2D eigenvalue weighted by atomic mass is 15.2. The second-order valence-corrected chi connectivity index (χ2v) is 2.86. The van der Waals surface area contributed by atoms with Gasteiger partial charge in [-0.15, -0.1) is 0 Å². The summed E-state index contributed by atoms with van der Waals surface area (Å²) in [6, 6.07) is 1.03. The van der Waals surface area contributed by atoms with Crippen molar-refractivity contribution in [1.29, 1.82) is 0 Å². The molecule has 1 saturated heterocycles. The van der Waals surface area contributed by atoms with E-state index >= 15 is 0 Å². The quantitative estimate of drug-likeness (QED) is 0.448. The molecule has 0 aromatic carbocycles. The van der Waals surface area contributed by atoms with Gasteiger partial charge in [-0.2, -0.15) is 0 Å². The van der Waals surface area contributed by atoms with Gasteiger partial charge in [0.1, 0.15) is 0 Å². The maximum atomic E-state index is 5.66. The monoisotopic (exact) mass is 124 g/mol. The maximum absolute atomic E-state index is 5.66. The van der Waals surface area contributed by atoms with Crippen LogP contribution < -0.4 is 5.32 Å². The molecule has 0 unspecified atom stereocenters. The van der Waals surface area contributed by atoms with Gasteiger partial charge in [0, 0.05) is 25.2 Å². The molecule has 1 N–H and O–H groups in total. The first-order valence-corrected chi connectivity index (χ1v) is 3.45. The van der Waals surface area contributed by atoms with Crippen molar-refractivity contribution in [2.45, 2.75) is 25.9 Å². The van der Waals surface area contributed by atoms with Gasteiger partial charge in [-0.3, -0.25) is 0 Å². The van der Waals surface area contributed by atoms with Crippen LogP contribution in [-0.2, 0) is 0 Å². The predicted molar refractivity (Wildman–Crippen MR) is 39.4 cm³/mol.